The zero-order valence-electron chi connectivity index (χ0n) is 25.4. The van der Waals surface area contributed by atoms with Gasteiger partial charge in [0.2, 0.25) is 5.91 Å². The third-order valence-electron chi connectivity index (χ3n) is 7.89. The number of anilines is 1. The van der Waals surface area contributed by atoms with E-state index in [4.69, 9.17) is 0 Å². The number of thioether (sulfide) groups is 1. The Labute approximate surface area is 257 Å². The zero-order valence-corrected chi connectivity index (χ0v) is 26.2. The quantitative estimate of drug-likeness (QED) is 0.192. The molecule has 12 heteroatoms. The predicted molar refractivity (Wildman–Crippen MR) is 167 cm³/mol. The van der Waals surface area contributed by atoms with E-state index in [1.807, 2.05) is 39.5 Å². The minimum Gasteiger partial charge on any atom is -0.347 e. The van der Waals surface area contributed by atoms with Crippen molar-refractivity contribution in [2.75, 3.05) is 24.2 Å². The van der Waals surface area contributed by atoms with Crippen molar-refractivity contribution in [3.8, 4) is 16.9 Å². The number of rotatable bonds is 6. The van der Waals surface area contributed by atoms with Gasteiger partial charge in [-0.25, -0.2) is 27.5 Å². The largest absolute Gasteiger partial charge is 0.355 e. The first-order valence-corrected chi connectivity index (χ1v) is 15.4. The molecule has 4 heterocycles. The van der Waals surface area contributed by atoms with Crippen LogP contribution in [0.25, 0.3) is 28.0 Å². The van der Waals surface area contributed by atoms with Gasteiger partial charge in [-0.3, -0.25) is 9.78 Å². The highest BCUT2D eigenvalue weighted by atomic mass is 32.2. The number of fused-ring (bicyclic) bond motifs is 1. The second-order valence-electron chi connectivity index (χ2n) is 11.3. The first-order valence-electron chi connectivity index (χ1n) is 14.2. The molecular formula is C32H33F3N6O2S. The normalized spacial score (nSPS) is 17.0. The molecule has 44 heavy (non-hydrogen) atoms. The molecule has 1 aliphatic rings. The minimum atomic E-state index is -1.24. The van der Waals surface area contributed by atoms with Gasteiger partial charge in [0.15, 0.2) is 23.1 Å². The van der Waals surface area contributed by atoms with E-state index in [1.54, 1.807) is 23.4 Å². The maximum atomic E-state index is 16.1. The molecule has 0 bridgehead atoms. The summed E-state index contributed by atoms with van der Waals surface area (Å²) in [6.45, 7) is 13.7. The van der Waals surface area contributed by atoms with Crippen molar-refractivity contribution in [3.05, 3.63) is 82.3 Å². The average molecular weight is 623 g/mol. The molecule has 2 atom stereocenters. The van der Waals surface area contributed by atoms with Gasteiger partial charge in [-0.05, 0) is 68.8 Å². The van der Waals surface area contributed by atoms with Crippen LogP contribution in [0.5, 0.6) is 0 Å². The molecule has 4 aromatic rings. The van der Waals surface area contributed by atoms with Gasteiger partial charge in [0.1, 0.15) is 11.5 Å². The topological polar surface area (TPSA) is 84.2 Å². The number of nitrogens with zero attached hydrogens (tertiary/aromatic N) is 6. The van der Waals surface area contributed by atoms with Gasteiger partial charge in [-0.2, -0.15) is 4.98 Å². The number of amides is 1. The van der Waals surface area contributed by atoms with Crippen molar-refractivity contribution in [2.24, 2.45) is 0 Å². The third kappa shape index (κ3) is 5.25. The number of carbonyl (C=O) groups excluding carboxylic acids is 1. The Kier molecular flexibility index (Phi) is 8.57. The van der Waals surface area contributed by atoms with Gasteiger partial charge in [-0.15, -0.1) is 11.8 Å². The lowest BCUT2D eigenvalue weighted by Gasteiger charge is -2.45. The van der Waals surface area contributed by atoms with Crippen LogP contribution < -0.4 is 10.6 Å². The molecule has 1 amide bonds. The van der Waals surface area contributed by atoms with Crippen LogP contribution in [0, 0.1) is 24.4 Å². The van der Waals surface area contributed by atoms with E-state index in [1.165, 1.54) is 22.8 Å². The molecular weight excluding hydrogens is 589 g/mol. The fourth-order valence-corrected chi connectivity index (χ4v) is 6.53. The summed E-state index contributed by atoms with van der Waals surface area (Å²) >= 11 is 1.12. The lowest BCUT2D eigenvalue weighted by Crippen LogP contribution is -2.58. The van der Waals surface area contributed by atoms with E-state index in [0.29, 0.717) is 30.0 Å². The second-order valence-corrected chi connectivity index (χ2v) is 12.1. The van der Waals surface area contributed by atoms with Gasteiger partial charge in [-0.1, -0.05) is 20.4 Å². The number of hydrogen-bond acceptors (Lipinski definition) is 7. The van der Waals surface area contributed by atoms with E-state index in [-0.39, 0.29) is 51.2 Å². The Morgan fingerprint density at radius 2 is 1.77 bits per heavy atom. The maximum Gasteiger partial charge on any atom is 0.355 e. The Morgan fingerprint density at radius 1 is 1.09 bits per heavy atom. The van der Waals surface area contributed by atoms with Crippen LogP contribution in [0.1, 0.15) is 44.9 Å². The van der Waals surface area contributed by atoms with Crippen LogP contribution in [0.3, 0.4) is 0 Å². The monoisotopic (exact) mass is 622 g/mol. The molecule has 230 valence electrons. The molecule has 0 unspecified atom stereocenters. The van der Waals surface area contributed by atoms with Gasteiger partial charge in [0, 0.05) is 36.3 Å². The SMILES string of the molecule is C=CC(=O)N1C[C@H](C)N(c2nc(=O)n(-c3c(C)ccnc3C(C)C)c3nc(-c4c(SC)ccc(F)c4F)c(F)cc23)[C@@H](C)C1. The van der Waals surface area contributed by atoms with Gasteiger partial charge in [0.05, 0.1) is 22.3 Å². The Balaban J connectivity index is 1.88. The van der Waals surface area contributed by atoms with E-state index in [2.05, 4.69) is 21.5 Å². The number of carbonyl (C=O) groups is 1. The fraction of sp³-hybridized carbons (Fsp3) is 0.344. The number of piperazine rings is 1. The third-order valence-corrected chi connectivity index (χ3v) is 8.67. The lowest BCUT2D eigenvalue weighted by molar-refractivity contribution is -0.127. The molecule has 1 aliphatic heterocycles. The number of hydrogen-bond donors (Lipinski definition) is 0. The molecule has 1 fully saturated rings. The smallest absolute Gasteiger partial charge is 0.347 e. The molecule has 3 aromatic heterocycles. The van der Waals surface area contributed by atoms with E-state index < -0.39 is 28.8 Å². The van der Waals surface area contributed by atoms with Crippen LogP contribution in [0.15, 0.2) is 52.8 Å². The molecule has 0 aliphatic carbocycles. The van der Waals surface area contributed by atoms with Gasteiger partial charge >= 0.3 is 5.69 Å². The first-order chi connectivity index (χ1) is 20.9. The van der Waals surface area contributed by atoms with Crippen molar-refractivity contribution in [3.63, 3.8) is 0 Å². The number of benzene rings is 1. The van der Waals surface area contributed by atoms with Crippen molar-refractivity contribution >= 4 is 34.5 Å². The average Bonchev–Trinajstić information content (AvgIpc) is 2.98. The fourth-order valence-electron chi connectivity index (χ4n) is 5.94. The van der Waals surface area contributed by atoms with Gasteiger partial charge in [0.25, 0.3) is 0 Å². The highest BCUT2D eigenvalue weighted by molar-refractivity contribution is 7.98. The summed E-state index contributed by atoms with van der Waals surface area (Å²) < 4.78 is 47.2. The molecule has 0 spiro atoms. The molecule has 5 rings (SSSR count). The predicted octanol–water partition coefficient (Wildman–Crippen LogP) is 6.03. The van der Waals surface area contributed by atoms with Crippen LogP contribution in [-0.4, -0.2) is 61.8 Å². The summed E-state index contributed by atoms with van der Waals surface area (Å²) in [6.07, 6.45) is 4.56. The lowest BCUT2D eigenvalue weighted by atomic mass is 10.0. The Morgan fingerprint density at radius 3 is 2.39 bits per heavy atom. The van der Waals surface area contributed by atoms with Crippen molar-refractivity contribution in [1.82, 2.24) is 24.4 Å². The number of aryl methyl sites for hydroxylation is 1. The highest BCUT2D eigenvalue weighted by Gasteiger charge is 2.35. The molecule has 0 radical (unpaired) electrons. The molecule has 1 saturated heterocycles. The van der Waals surface area contributed by atoms with Crippen LogP contribution in [0.4, 0.5) is 19.0 Å². The molecule has 8 nitrogen and oxygen atoms in total. The molecule has 0 saturated carbocycles. The summed E-state index contributed by atoms with van der Waals surface area (Å²) in [7, 11) is 0. The summed E-state index contributed by atoms with van der Waals surface area (Å²) in [4.78, 5) is 43.9. The zero-order chi connectivity index (χ0) is 32.0. The van der Waals surface area contributed by atoms with Crippen molar-refractivity contribution in [2.45, 2.75) is 57.5 Å². The van der Waals surface area contributed by atoms with Crippen molar-refractivity contribution in [1.29, 1.82) is 0 Å². The van der Waals surface area contributed by atoms with E-state index in [9.17, 15) is 14.0 Å². The highest BCUT2D eigenvalue weighted by Crippen LogP contribution is 2.38. The number of halogens is 3. The number of pyridine rings is 2. The molecule has 1 aromatic carbocycles. The maximum absolute atomic E-state index is 16.1. The van der Waals surface area contributed by atoms with Crippen LogP contribution in [0.2, 0.25) is 0 Å². The van der Waals surface area contributed by atoms with E-state index >= 15 is 8.78 Å². The van der Waals surface area contributed by atoms with E-state index in [0.717, 1.165) is 17.8 Å². The summed E-state index contributed by atoms with van der Waals surface area (Å²) in [5, 5.41) is 0.202. The number of aromatic nitrogens is 4. The summed E-state index contributed by atoms with van der Waals surface area (Å²) in [5.41, 5.74) is 0.302. The standard InChI is InChI=1S/C32H33F3N6O2S/c1-8-24(42)39-14-18(5)40(19(6)15-39)31-20-13-22(34)28(25-23(44-7)10-9-21(33)26(25)35)37-30(20)41(32(43)38-31)29-17(4)11-12-36-27(29)16(2)3/h8-13,16,18-19H,1,14-15H2,2-7H3/t18-,19-/m0/s1. The summed E-state index contributed by atoms with van der Waals surface area (Å²) in [5.74, 6) is -3.43. The second kappa shape index (κ2) is 12.1. The first kappa shape index (κ1) is 31.2. The Bertz CT molecular complexity index is 1850. The van der Waals surface area contributed by atoms with Gasteiger partial charge < -0.3 is 9.80 Å². The minimum absolute atomic E-state index is 0.0223. The Hall–Kier alpha value is -4.19. The molecule has 0 N–H and O–H groups in total. The van der Waals surface area contributed by atoms with Crippen molar-refractivity contribution < 1.29 is 18.0 Å². The van der Waals surface area contributed by atoms with Crippen LogP contribution in [-0.2, 0) is 4.79 Å². The summed E-state index contributed by atoms with van der Waals surface area (Å²) in [6, 6.07) is 4.64. The van der Waals surface area contributed by atoms with Crippen LogP contribution >= 0.6 is 11.8 Å².